The molecule has 0 spiro atoms. The van der Waals surface area contributed by atoms with Gasteiger partial charge in [-0.1, -0.05) is 18.5 Å². The summed E-state index contributed by atoms with van der Waals surface area (Å²) >= 11 is 5.78. The molecule has 0 radical (unpaired) electrons. The highest BCUT2D eigenvalue weighted by atomic mass is 35.5. The topological polar surface area (TPSA) is 71.3 Å². The van der Waals surface area contributed by atoms with E-state index in [1.807, 2.05) is 0 Å². The van der Waals surface area contributed by atoms with E-state index in [9.17, 15) is 9.59 Å². The molecule has 0 bridgehead atoms. The first-order valence-corrected chi connectivity index (χ1v) is 6.12. The maximum absolute atomic E-state index is 11.8. The maximum Gasteiger partial charge on any atom is 0.306 e. The van der Waals surface area contributed by atoms with Crippen molar-refractivity contribution in [1.29, 1.82) is 0 Å². The number of carboxylic acids is 1. The van der Waals surface area contributed by atoms with Crippen LogP contribution in [0.1, 0.15) is 30.3 Å². The van der Waals surface area contributed by atoms with Gasteiger partial charge in [0.1, 0.15) is 5.69 Å². The Labute approximate surface area is 111 Å². The van der Waals surface area contributed by atoms with E-state index in [1.165, 1.54) is 0 Å². The van der Waals surface area contributed by atoms with Gasteiger partial charge in [0.15, 0.2) is 0 Å². The van der Waals surface area contributed by atoms with E-state index in [-0.39, 0.29) is 11.8 Å². The summed E-state index contributed by atoms with van der Waals surface area (Å²) in [5, 5.41) is 12.0. The monoisotopic (exact) mass is 272 g/mol. The number of carbonyl (C=O) groups is 2. The van der Waals surface area contributed by atoms with Crippen molar-refractivity contribution in [1.82, 2.24) is 9.88 Å². The molecule has 0 aromatic carbocycles. The van der Waals surface area contributed by atoms with Crippen LogP contribution in [0.2, 0.25) is 5.02 Å². The third-order valence-corrected chi connectivity index (χ3v) is 2.93. The SMILES string of the molecule is CC(CCCNC(=O)c1cc(Cl)cn1C)C(=O)O. The minimum absolute atomic E-state index is 0.202. The van der Waals surface area contributed by atoms with Crippen LogP contribution in [0.25, 0.3) is 0 Å². The molecule has 1 rings (SSSR count). The van der Waals surface area contributed by atoms with Crippen molar-refractivity contribution < 1.29 is 14.7 Å². The summed E-state index contributed by atoms with van der Waals surface area (Å²) < 4.78 is 1.65. The summed E-state index contributed by atoms with van der Waals surface area (Å²) in [7, 11) is 1.74. The fourth-order valence-corrected chi connectivity index (χ4v) is 1.82. The lowest BCUT2D eigenvalue weighted by Gasteiger charge is -2.07. The van der Waals surface area contributed by atoms with Gasteiger partial charge in [0.2, 0.25) is 0 Å². The van der Waals surface area contributed by atoms with E-state index < -0.39 is 5.97 Å². The second kappa shape index (κ2) is 6.44. The zero-order chi connectivity index (χ0) is 13.7. The molecule has 0 aliphatic rings. The molecule has 1 unspecified atom stereocenters. The van der Waals surface area contributed by atoms with Gasteiger partial charge in [-0.2, -0.15) is 0 Å². The number of nitrogens with zero attached hydrogens (tertiary/aromatic N) is 1. The normalized spacial score (nSPS) is 12.2. The van der Waals surface area contributed by atoms with E-state index in [2.05, 4.69) is 5.32 Å². The Bertz CT molecular complexity index is 443. The van der Waals surface area contributed by atoms with E-state index in [1.54, 1.807) is 30.8 Å². The van der Waals surface area contributed by atoms with Gasteiger partial charge in [0, 0.05) is 19.8 Å². The summed E-state index contributed by atoms with van der Waals surface area (Å²) in [5.41, 5.74) is 0.492. The third kappa shape index (κ3) is 4.07. The molecule has 100 valence electrons. The van der Waals surface area contributed by atoms with Gasteiger partial charge in [-0.05, 0) is 18.9 Å². The Balaban J connectivity index is 2.34. The number of carbonyl (C=O) groups excluding carboxylic acids is 1. The fraction of sp³-hybridized carbons (Fsp3) is 0.500. The summed E-state index contributed by atoms with van der Waals surface area (Å²) in [4.78, 5) is 22.3. The molecule has 0 saturated carbocycles. The van der Waals surface area contributed by atoms with E-state index in [4.69, 9.17) is 16.7 Å². The zero-order valence-electron chi connectivity index (χ0n) is 10.4. The van der Waals surface area contributed by atoms with E-state index in [0.29, 0.717) is 30.1 Å². The predicted octanol–water partition coefficient (Wildman–Crippen LogP) is 1.91. The number of rotatable bonds is 6. The maximum atomic E-state index is 11.8. The summed E-state index contributed by atoms with van der Waals surface area (Å²) in [6.07, 6.45) is 2.84. The van der Waals surface area contributed by atoms with Crippen molar-refractivity contribution in [2.24, 2.45) is 13.0 Å². The van der Waals surface area contributed by atoms with Crippen LogP contribution in [0.15, 0.2) is 12.3 Å². The van der Waals surface area contributed by atoms with Crippen molar-refractivity contribution in [2.75, 3.05) is 6.54 Å². The predicted molar refractivity (Wildman–Crippen MR) is 68.8 cm³/mol. The minimum atomic E-state index is -0.810. The molecule has 2 N–H and O–H groups in total. The Morgan fingerprint density at radius 3 is 2.72 bits per heavy atom. The first-order valence-electron chi connectivity index (χ1n) is 5.74. The van der Waals surface area contributed by atoms with Crippen LogP contribution in [-0.4, -0.2) is 28.1 Å². The zero-order valence-corrected chi connectivity index (χ0v) is 11.2. The summed E-state index contributed by atoms with van der Waals surface area (Å²) in [5.74, 6) is -1.39. The number of halogens is 1. The van der Waals surface area contributed by atoms with E-state index in [0.717, 1.165) is 0 Å². The highest BCUT2D eigenvalue weighted by Gasteiger charge is 2.12. The molecule has 1 amide bonds. The quantitative estimate of drug-likeness (QED) is 0.777. The van der Waals surface area contributed by atoms with Crippen molar-refractivity contribution in [3.63, 3.8) is 0 Å². The highest BCUT2D eigenvalue weighted by Crippen LogP contribution is 2.12. The first kappa shape index (κ1) is 14.6. The molecule has 0 fully saturated rings. The van der Waals surface area contributed by atoms with Crippen LogP contribution in [-0.2, 0) is 11.8 Å². The third-order valence-electron chi connectivity index (χ3n) is 2.73. The molecule has 1 atom stereocenters. The van der Waals surface area contributed by atoms with Gasteiger partial charge in [0.25, 0.3) is 5.91 Å². The van der Waals surface area contributed by atoms with Gasteiger partial charge < -0.3 is 15.0 Å². The van der Waals surface area contributed by atoms with Gasteiger partial charge in [-0.3, -0.25) is 9.59 Å². The van der Waals surface area contributed by atoms with Crippen LogP contribution in [0.3, 0.4) is 0 Å². The fourth-order valence-electron chi connectivity index (χ4n) is 1.57. The lowest BCUT2D eigenvalue weighted by molar-refractivity contribution is -0.141. The van der Waals surface area contributed by atoms with Crippen molar-refractivity contribution >= 4 is 23.5 Å². The minimum Gasteiger partial charge on any atom is -0.481 e. The average molecular weight is 273 g/mol. The van der Waals surface area contributed by atoms with Crippen molar-refractivity contribution in [2.45, 2.75) is 19.8 Å². The number of amides is 1. The molecule has 0 saturated heterocycles. The smallest absolute Gasteiger partial charge is 0.306 e. The number of hydrogen-bond acceptors (Lipinski definition) is 2. The first-order chi connectivity index (χ1) is 8.41. The lowest BCUT2D eigenvalue weighted by atomic mass is 10.1. The molecule has 1 aromatic rings. The molecule has 6 heteroatoms. The largest absolute Gasteiger partial charge is 0.481 e. The summed E-state index contributed by atoms with van der Waals surface area (Å²) in [6.45, 7) is 2.11. The number of aryl methyl sites for hydroxylation is 1. The van der Waals surface area contributed by atoms with Crippen LogP contribution in [0.5, 0.6) is 0 Å². The lowest BCUT2D eigenvalue weighted by Crippen LogP contribution is -2.26. The molecule has 1 heterocycles. The van der Waals surface area contributed by atoms with Crippen LogP contribution in [0.4, 0.5) is 0 Å². The Hall–Kier alpha value is -1.49. The number of hydrogen-bond donors (Lipinski definition) is 2. The van der Waals surface area contributed by atoms with Gasteiger partial charge in [-0.25, -0.2) is 0 Å². The van der Waals surface area contributed by atoms with Gasteiger partial charge >= 0.3 is 5.97 Å². The number of aliphatic carboxylic acids is 1. The highest BCUT2D eigenvalue weighted by molar-refractivity contribution is 6.31. The van der Waals surface area contributed by atoms with Crippen molar-refractivity contribution in [3.05, 3.63) is 23.0 Å². The molecular weight excluding hydrogens is 256 g/mol. The molecule has 5 nitrogen and oxygen atoms in total. The second-order valence-corrected chi connectivity index (χ2v) is 4.73. The number of carboxylic acid groups (broad SMARTS) is 1. The molecule has 0 aliphatic heterocycles. The van der Waals surface area contributed by atoms with Crippen LogP contribution < -0.4 is 5.32 Å². The molecule has 1 aromatic heterocycles. The Morgan fingerprint density at radius 1 is 1.56 bits per heavy atom. The standard InChI is InChI=1S/C12H17ClN2O3/c1-8(12(17)18)4-3-5-14-11(16)10-6-9(13)7-15(10)2/h6-8H,3-5H2,1-2H3,(H,14,16)(H,17,18). The Morgan fingerprint density at radius 2 is 2.22 bits per heavy atom. The average Bonchev–Trinajstić information content (AvgIpc) is 2.63. The van der Waals surface area contributed by atoms with Gasteiger partial charge in [0.05, 0.1) is 10.9 Å². The summed E-state index contributed by atoms with van der Waals surface area (Å²) in [6, 6.07) is 1.59. The molecule has 0 aliphatic carbocycles. The van der Waals surface area contributed by atoms with Crippen molar-refractivity contribution in [3.8, 4) is 0 Å². The number of aromatic nitrogens is 1. The Kier molecular flexibility index (Phi) is 5.22. The number of nitrogens with one attached hydrogen (secondary N) is 1. The molecular formula is C12H17ClN2O3. The second-order valence-electron chi connectivity index (χ2n) is 4.29. The van der Waals surface area contributed by atoms with Gasteiger partial charge in [-0.15, -0.1) is 0 Å². The molecule has 18 heavy (non-hydrogen) atoms. The van der Waals surface area contributed by atoms with E-state index >= 15 is 0 Å². The van der Waals surface area contributed by atoms with Crippen LogP contribution >= 0.6 is 11.6 Å². The van der Waals surface area contributed by atoms with Crippen LogP contribution in [0, 0.1) is 5.92 Å².